The Morgan fingerprint density at radius 3 is 2.51 bits per heavy atom. The fourth-order valence-corrected chi connectivity index (χ4v) is 7.44. The van der Waals surface area contributed by atoms with Crippen LogP contribution in [0.5, 0.6) is 0 Å². The van der Waals surface area contributed by atoms with Gasteiger partial charge in [-0.3, -0.25) is 4.79 Å². The van der Waals surface area contributed by atoms with E-state index in [0.717, 1.165) is 68.3 Å². The number of hydrogen-bond acceptors (Lipinski definition) is 6. The molecule has 6 nitrogen and oxygen atoms in total. The standard InChI is InChI=1S/C27H36ClN5OS/c1-26(2)14-21-15-27(3,17-26)18-33(21)24(34)20-7-5-19(6-8-20)16-35-25-29-22(28)13-23(30-25)32-11-9-31(4)10-12-32/h5-8,13,21H,9-12,14-18H2,1-4H3. The molecule has 5 rings (SSSR count). The number of carbonyl (C=O) groups is 1. The van der Waals surface area contributed by atoms with Crippen LogP contribution in [-0.4, -0.2) is 71.5 Å². The van der Waals surface area contributed by atoms with Gasteiger partial charge in [0.2, 0.25) is 0 Å². The first-order valence-corrected chi connectivity index (χ1v) is 14.0. The van der Waals surface area contributed by atoms with Crippen molar-refractivity contribution in [3.63, 3.8) is 0 Å². The maximum Gasteiger partial charge on any atom is 0.254 e. The molecule has 35 heavy (non-hydrogen) atoms. The van der Waals surface area contributed by atoms with E-state index in [1.807, 2.05) is 18.2 Å². The van der Waals surface area contributed by atoms with Gasteiger partial charge in [-0.25, -0.2) is 9.97 Å². The molecule has 0 radical (unpaired) electrons. The van der Waals surface area contributed by atoms with Crippen LogP contribution < -0.4 is 4.90 Å². The van der Waals surface area contributed by atoms with Gasteiger partial charge in [0, 0.05) is 56.1 Å². The summed E-state index contributed by atoms with van der Waals surface area (Å²) in [5.41, 5.74) is 2.48. The molecule has 3 heterocycles. The highest BCUT2D eigenvalue weighted by molar-refractivity contribution is 7.98. The number of fused-ring (bicyclic) bond motifs is 2. The van der Waals surface area contributed by atoms with E-state index in [1.165, 1.54) is 6.42 Å². The number of hydrogen-bond donors (Lipinski definition) is 0. The van der Waals surface area contributed by atoms with Crippen LogP contribution in [0.15, 0.2) is 35.5 Å². The van der Waals surface area contributed by atoms with Gasteiger partial charge in [0.1, 0.15) is 11.0 Å². The number of benzene rings is 1. The molecule has 1 aromatic carbocycles. The maximum atomic E-state index is 13.4. The van der Waals surface area contributed by atoms with Gasteiger partial charge in [-0.1, -0.05) is 56.3 Å². The molecule has 2 atom stereocenters. The lowest BCUT2D eigenvalue weighted by Gasteiger charge is -2.39. The van der Waals surface area contributed by atoms with Crippen molar-refractivity contribution in [3.05, 3.63) is 46.6 Å². The predicted octanol–water partition coefficient (Wildman–Crippen LogP) is 5.21. The molecule has 3 aliphatic rings. The number of piperazine rings is 1. The van der Waals surface area contributed by atoms with Crippen LogP contribution in [0.2, 0.25) is 5.15 Å². The molecule has 1 amide bonds. The highest BCUT2D eigenvalue weighted by Crippen LogP contribution is 2.52. The van der Waals surface area contributed by atoms with Gasteiger partial charge in [-0.05, 0) is 54.8 Å². The molecule has 2 aromatic rings. The zero-order chi connectivity index (χ0) is 24.8. The monoisotopic (exact) mass is 513 g/mol. The van der Waals surface area contributed by atoms with Gasteiger partial charge < -0.3 is 14.7 Å². The Bertz CT molecular complexity index is 1090. The lowest BCUT2D eigenvalue weighted by atomic mass is 9.65. The molecule has 1 saturated carbocycles. The summed E-state index contributed by atoms with van der Waals surface area (Å²) in [5, 5.41) is 1.16. The number of likely N-dealkylation sites (tertiary alicyclic amines) is 1. The lowest BCUT2D eigenvalue weighted by molar-refractivity contribution is 0.0708. The molecule has 2 bridgehead atoms. The van der Waals surface area contributed by atoms with Gasteiger partial charge in [-0.15, -0.1) is 0 Å². The van der Waals surface area contributed by atoms with Gasteiger partial charge in [0.15, 0.2) is 5.16 Å². The highest BCUT2D eigenvalue weighted by Gasteiger charge is 2.51. The third kappa shape index (κ3) is 5.62. The summed E-state index contributed by atoms with van der Waals surface area (Å²) in [4.78, 5) is 29.3. The smallest absolute Gasteiger partial charge is 0.254 e. The van der Waals surface area contributed by atoms with Crippen molar-refractivity contribution in [1.29, 1.82) is 0 Å². The van der Waals surface area contributed by atoms with Gasteiger partial charge >= 0.3 is 0 Å². The number of nitrogens with zero attached hydrogens (tertiary/aromatic N) is 5. The van der Waals surface area contributed by atoms with Crippen molar-refractivity contribution in [2.75, 3.05) is 44.7 Å². The number of thioether (sulfide) groups is 1. The Balaban J connectivity index is 1.22. The Morgan fingerprint density at radius 2 is 1.80 bits per heavy atom. The number of amides is 1. The third-order valence-corrected chi connectivity index (χ3v) is 8.84. The van der Waals surface area contributed by atoms with Crippen LogP contribution in [0.1, 0.15) is 56.0 Å². The van der Waals surface area contributed by atoms with Gasteiger partial charge in [0.05, 0.1) is 0 Å². The Labute approximate surface area is 218 Å². The normalized spacial score (nSPS) is 26.3. The summed E-state index contributed by atoms with van der Waals surface area (Å²) in [5.74, 6) is 1.80. The second kappa shape index (κ2) is 9.56. The molecule has 188 valence electrons. The number of likely N-dealkylation sites (N-methyl/N-ethyl adjacent to an activating group) is 1. The van der Waals surface area contributed by atoms with E-state index in [4.69, 9.17) is 16.6 Å². The number of rotatable bonds is 5. The van der Waals surface area contributed by atoms with Crippen molar-refractivity contribution in [2.45, 2.75) is 57.0 Å². The fraction of sp³-hybridized carbons (Fsp3) is 0.593. The fourth-order valence-electron chi connectivity index (χ4n) is 6.40. The Kier molecular flexibility index (Phi) is 6.79. The van der Waals surface area contributed by atoms with Crippen LogP contribution in [0.25, 0.3) is 0 Å². The van der Waals surface area contributed by atoms with Crippen molar-refractivity contribution in [3.8, 4) is 0 Å². The number of aromatic nitrogens is 2. The molecule has 1 aromatic heterocycles. The summed E-state index contributed by atoms with van der Waals surface area (Å²) in [6, 6.07) is 10.3. The lowest BCUT2D eigenvalue weighted by Crippen LogP contribution is -2.44. The highest BCUT2D eigenvalue weighted by atomic mass is 35.5. The van der Waals surface area contributed by atoms with Crippen LogP contribution in [0, 0.1) is 10.8 Å². The second-order valence-electron chi connectivity index (χ2n) is 11.8. The average Bonchev–Trinajstić information content (AvgIpc) is 3.06. The van der Waals surface area contributed by atoms with Crippen LogP contribution in [-0.2, 0) is 5.75 Å². The summed E-state index contributed by atoms with van der Waals surface area (Å²) in [7, 11) is 2.14. The Morgan fingerprint density at radius 1 is 1.09 bits per heavy atom. The topological polar surface area (TPSA) is 52.6 Å². The van der Waals surface area contributed by atoms with E-state index in [9.17, 15) is 4.79 Å². The molecule has 2 aliphatic heterocycles. The van der Waals surface area contributed by atoms with Crippen LogP contribution in [0.4, 0.5) is 5.82 Å². The minimum absolute atomic E-state index is 0.172. The van der Waals surface area contributed by atoms with E-state index >= 15 is 0 Å². The third-order valence-electron chi connectivity index (χ3n) is 7.73. The molecule has 0 N–H and O–H groups in total. The van der Waals surface area contributed by atoms with Crippen LogP contribution in [0.3, 0.4) is 0 Å². The molecule has 2 unspecified atom stereocenters. The second-order valence-corrected chi connectivity index (χ2v) is 13.1. The molecule has 1 aliphatic carbocycles. The van der Waals surface area contributed by atoms with Crippen molar-refractivity contribution in [1.82, 2.24) is 19.8 Å². The quantitative estimate of drug-likeness (QED) is 0.310. The first-order valence-electron chi connectivity index (χ1n) is 12.6. The number of carbonyl (C=O) groups excluding carboxylic acids is 1. The molecule has 8 heteroatoms. The zero-order valence-electron chi connectivity index (χ0n) is 21.3. The van der Waals surface area contributed by atoms with Gasteiger partial charge in [-0.2, -0.15) is 0 Å². The number of anilines is 1. The SMILES string of the molecule is CN1CCN(c2cc(Cl)nc(SCc3ccc(C(=O)N4CC5(C)CC4CC(C)(C)C5)cc3)n2)CC1. The number of halogens is 1. The molecule has 2 saturated heterocycles. The first kappa shape index (κ1) is 24.8. The van der Waals surface area contributed by atoms with Crippen molar-refractivity contribution >= 4 is 35.1 Å². The molecular weight excluding hydrogens is 478 g/mol. The summed E-state index contributed by atoms with van der Waals surface area (Å²) < 4.78 is 0. The minimum Gasteiger partial charge on any atom is -0.354 e. The van der Waals surface area contributed by atoms with E-state index in [0.29, 0.717) is 21.8 Å². The van der Waals surface area contributed by atoms with Gasteiger partial charge in [0.25, 0.3) is 5.91 Å². The largest absolute Gasteiger partial charge is 0.354 e. The summed E-state index contributed by atoms with van der Waals surface area (Å²) >= 11 is 7.90. The summed E-state index contributed by atoms with van der Waals surface area (Å²) in [6.07, 6.45) is 3.42. The predicted molar refractivity (Wildman–Crippen MR) is 143 cm³/mol. The summed E-state index contributed by atoms with van der Waals surface area (Å²) in [6.45, 7) is 11.8. The maximum absolute atomic E-state index is 13.4. The van der Waals surface area contributed by atoms with E-state index in [2.05, 4.69) is 59.6 Å². The molecular formula is C27H36ClN5OS. The van der Waals surface area contributed by atoms with E-state index in [1.54, 1.807) is 11.8 Å². The first-order chi connectivity index (χ1) is 16.6. The minimum atomic E-state index is 0.172. The molecule has 0 spiro atoms. The van der Waals surface area contributed by atoms with Crippen molar-refractivity contribution in [2.24, 2.45) is 10.8 Å². The van der Waals surface area contributed by atoms with E-state index in [-0.39, 0.29) is 11.3 Å². The van der Waals surface area contributed by atoms with Crippen LogP contribution >= 0.6 is 23.4 Å². The average molecular weight is 514 g/mol. The van der Waals surface area contributed by atoms with E-state index < -0.39 is 0 Å². The molecule has 3 fully saturated rings. The Hall–Kier alpha value is -1.83. The van der Waals surface area contributed by atoms with Crippen molar-refractivity contribution < 1.29 is 4.79 Å². The zero-order valence-corrected chi connectivity index (χ0v) is 22.8.